The van der Waals surface area contributed by atoms with Crippen LogP contribution >= 0.6 is 0 Å². The summed E-state index contributed by atoms with van der Waals surface area (Å²) in [5, 5.41) is 15.6. The van der Waals surface area contributed by atoms with Gasteiger partial charge in [0, 0.05) is 12.2 Å². The van der Waals surface area contributed by atoms with Gasteiger partial charge in [-0.3, -0.25) is 0 Å². The van der Waals surface area contributed by atoms with E-state index in [0.29, 0.717) is 12.2 Å². The summed E-state index contributed by atoms with van der Waals surface area (Å²) < 4.78 is 1.46. The topological polar surface area (TPSA) is 74.6 Å². The van der Waals surface area contributed by atoms with Gasteiger partial charge in [0.2, 0.25) is 0 Å². The predicted octanol–water partition coefficient (Wildman–Crippen LogP) is 2.65. The fourth-order valence-electron chi connectivity index (χ4n) is 1.05. The largest absolute Gasteiger partial charge is 0.478 e. The van der Waals surface area contributed by atoms with Gasteiger partial charge >= 0.3 is 84.3 Å². The maximum atomic E-state index is 9.55. The molecule has 4 nitrogen and oxygen atoms in total. The molecule has 0 atom stereocenters. The van der Waals surface area contributed by atoms with Gasteiger partial charge in [-0.2, -0.15) is 0 Å². The Hall–Kier alpha value is -0.521. The van der Waals surface area contributed by atoms with Crippen LogP contribution in [0.15, 0.2) is 12.2 Å². The van der Waals surface area contributed by atoms with Crippen LogP contribution in [0.3, 0.4) is 0 Å². The van der Waals surface area contributed by atoms with Crippen molar-refractivity contribution in [3.8, 4) is 0 Å². The van der Waals surface area contributed by atoms with Crippen LogP contribution in [0, 0.1) is 0 Å². The van der Waals surface area contributed by atoms with Gasteiger partial charge in [0.05, 0.1) is 0 Å². The Balaban J connectivity index is 0. The van der Waals surface area contributed by atoms with E-state index in [4.69, 9.17) is 10.2 Å². The van der Waals surface area contributed by atoms with Crippen molar-refractivity contribution in [3.63, 3.8) is 0 Å². The third-order valence-corrected chi connectivity index (χ3v) is 2.91. The number of carboxylic acids is 2. The van der Waals surface area contributed by atoms with E-state index in [-0.39, 0.29) is 0 Å². The standard InChI is InChI=1S/C8H17.C4H4O4.Sn/c1-3-5-7-8-6-4-2;5-3(6)1-2-4(7)8;/h1,3-8H2,2H3;1-2H,(H,5,6)(H,7,8);. The molecule has 0 aliphatic rings. The van der Waals surface area contributed by atoms with Crippen molar-refractivity contribution in [2.24, 2.45) is 0 Å². The van der Waals surface area contributed by atoms with E-state index < -0.39 is 11.9 Å². The van der Waals surface area contributed by atoms with E-state index >= 15 is 0 Å². The predicted molar refractivity (Wildman–Crippen MR) is 68.3 cm³/mol. The van der Waals surface area contributed by atoms with Crippen LogP contribution in [-0.4, -0.2) is 44.7 Å². The molecule has 0 aromatic carbocycles. The van der Waals surface area contributed by atoms with Gasteiger partial charge in [-0.15, -0.1) is 0 Å². The molecule has 3 radical (unpaired) electrons. The number of hydrogen-bond acceptors (Lipinski definition) is 2. The summed E-state index contributed by atoms with van der Waals surface area (Å²) in [6.07, 6.45) is 9.82. The monoisotopic (exact) mass is 349 g/mol. The minimum absolute atomic E-state index is 0.558. The van der Waals surface area contributed by atoms with Crippen molar-refractivity contribution in [2.75, 3.05) is 0 Å². The summed E-state index contributed by atoms with van der Waals surface area (Å²) in [6.45, 7) is 2.27. The molecule has 0 fully saturated rings. The van der Waals surface area contributed by atoms with E-state index in [1.54, 1.807) is 22.5 Å². The van der Waals surface area contributed by atoms with Crippen molar-refractivity contribution in [1.82, 2.24) is 0 Å². The van der Waals surface area contributed by atoms with Gasteiger partial charge in [0.15, 0.2) is 0 Å². The Bertz CT molecular complexity index is 205. The molecule has 0 aromatic rings. The molecule has 17 heavy (non-hydrogen) atoms. The Morgan fingerprint density at radius 1 is 0.941 bits per heavy atom. The summed E-state index contributed by atoms with van der Waals surface area (Å²) in [5.41, 5.74) is 0. The summed E-state index contributed by atoms with van der Waals surface area (Å²) in [6, 6.07) is 0. The second kappa shape index (κ2) is 15.5. The third kappa shape index (κ3) is 25.6. The Labute approximate surface area is 116 Å². The Kier molecular flexibility index (Phi) is 17.1. The normalized spacial score (nSPS) is 9.76. The molecule has 0 unspecified atom stereocenters. The average molecular weight is 348 g/mol. The van der Waals surface area contributed by atoms with Crippen LogP contribution in [0.5, 0.6) is 0 Å². The van der Waals surface area contributed by atoms with Gasteiger partial charge in [-0.05, 0) is 0 Å². The zero-order chi connectivity index (χ0) is 13.5. The van der Waals surface area contributed by atoms with Crippen LogP contribution in [0.25, 0.3) is 0 Å². The molecule has 0 heterocycles. The summed E-state index contributed by atoms with van der Waals surface area (Å²) in [5.74, 6) is -2.51. The minimum atomic E-state index is -1.26. The van der Waals surface area contributed by atoms with Crippen molar-refractivity contribution >= 4 is 34.5 Å². The molecule has 0 bridgehead atoms. The fourth-order valence-corrected chi connectivity index (χ4v) is 1.76. The van der Waals surface area contributed by atoms with Gasteiger partial charge in [-0.1, -0.05) is 0 Å². The van der Waals surface area contributed by atoms with Crippen LogP contribution in [0.4, 0.5) is 0 Å². The molecule has 97 valence electrons. The molecular weight excluding hydrogens is 327 g/mol. The van der Waals surface area contributed by atoms with Crippen molar-refractivity contribution in [1.29, 1.82) is 0 Å². The second-order valence-electron chi connectivity index (χ2n) is 3.53. The number of rotatable bonds is 8. The molecule has 0 rings (SSSR count). The van der Waals surface area contributed by atoms with E-state index in [0.717, 1.165) is 0 Å². The van der Waals surface area contributed by atoms with Crippen LogP contribution in [0.2, 0.25) is 4.44 Å². The first-order chi connectivity index (χ1) is 8.04. The average Bonchev–Trinajstić information content (AvgIpc) is 2.27. The molecular formula is C12H21O4Sn. The first-order valence-electron chi connectivity index (χ1n) is 5.83. The molecule has 0 amide bonds. The van der Waals surface area contributed by atoms with E-state index in [1.165, 1.54) is 43.0 Å². The summed E-state index contributed by atoms with van der Waals surface area (Å²) in [7, 11) is 0. The van der Waals surface area contributed by atoms with E-state index in [9.17, 15) is 9.59 Å². The molecule has 2 N–H and O–H groups in total. The fraction of sp³-hybridized carbons (Fsp3) is 0.667. The third-order valence-electron chi connectivity index (χ3n) is 1.90. The maximum Gasteiger partial charge on any atom is 0.328 e. The summed E-state index contributed by atoms with van der Waals surface area (Å²) >= 11 is 1.71. The van der Waals surface area contributed by atoms with Gasteiger partial charge in [0.25, 0.3) is 0 Å². The minimum Gasteiger partial charge on any atom is -0.478 e. The van der Waals surface area contributed by atoms with Gasteiger partial charge < -0.3 is 10.2 Å². The van der Waals surface area contributed by atoms with Crippen molar-refractivity contribution in [3.05, 3.63) is 12.2 Å². The zero-order valence-electron chi connectivity index (χ0n) is 10.3. The number of hydrogen-bond donors (Lipinski definition) is 2. The quantitative estimate of drug-likeness (QED) is 0.402. The molecule has 0 spiro atoms. The van der Waals surface area contributed by atoms with E-state index in [2.05, 4.69) is 6.92 Å². The molecule has 0 saturated heterocycles. The van der Waals surface area contributed by atoms with Crippen LogP contribution < -0.4 is 0 Å². The molecule has 5 heteroatoms. The molecule has 0 saturated carbocycles. The second-order valence-corrected chi connectivity index (χ2v) is 4.95. The number of carboxylic acid groups (broad SMARTS) is 2. The van der Waals surface area contributed by atoms with E-state index in [1.807, 2.05) is 0 Å². The maximum absolute atomic E-state index is 9.55. The van der Waals surface area contributed by atoms with Crippen molar-refractivity contribution < 1.29 is 19.8 Å². The van der Waals surface area contributed by atoms with Crippen LogP contribution in [0.1, 0.15) is 45.4 Å². The molecule has 0 aliphatic heterocycles. The summed E-state index contributed by atoms with van der Waals surface area (Å²) in [4.78, 5) is 19.1. The number of aliphatic carboxylic acids is 2. The van der Waals surface area contributed by atoms with Crippen molar-refractivity contribution in [2.45, 2.75) is 49.9 Å². The first-order valence-corrected chi connectivity index (χ1v) is 7.84. The number of unbranched alkanes of at least 4 members (excludes halogenated alkanes) is 5. The Morgan fingerprint density at radius 3 is 1.71 bits per heavy atom. The molecule has 0 aliphatic carbocycles. The zero-order valence-corrected chi connectivity index (χ0v) is 13.2. The van der Waals surface area contributed by atoms with Gasteiger partial charge in [-0.25, -0.2) is 9.59 Å². The Morgan fingerprint density at radius 2 is 1.35 bits per heavy atom. The number of carbonyl (C=O) groups is 2. The van der Waals surface area contributed by atoms with Crippen LogP contribution in [-0.2, 0) is 9.59 Å². The molecule has 0 aromatic heterocycles. The SMILES string of the molecule is CCCCCCC[CH2][Sn].O=C(O)C=CC(=O)O. The first kappa shape index (κ1) is 18.8. The smallest absolute Gasteiger partial charge is 0.328 e. The van der Waals surface area contributed by atoms with Gasteiger partial charge in [0.1, 0.15) is 0 Å².